The summed E-state index contributed by atoms with van der Waals surface area (Å²) in [4.78, 5) is 24.5. The number of carbonyl (C=O) groups is 2. The van der Waals surface area contributed by atoms with Gasteiger partial charge in [0.05, 0.1) is 11.8 Å². The first-order valence-corrected chi connectivity index (χ1v) is 9.20. The first-order chi connectivity index (χ1) is 11.9. The van der Waals surface area contributed by atoms with E-state index in [9.17, 15) is 14.7 Å². The largest absolute Gasteiger partial charge is 0.481 e. The molecule has 2 bridgehead atoms. The fourth-order valence-corrected chi connectivity index (χ4v) is 4.96. The molecule has 2 aliphatic rings. The highest BCUT2D eigenvalue weighted by Gasteiger charge is 2.57. The first kappa shape index (κ1) is 18.0. The standard InChI is InChI=1S/C20H24ClNO3/c1-11(2)16-14-6-7-15(16)18(20(24)25)17(14)19(23)22-9-8-12-4-3-5-13(21)10-12/h3-5,10,14-15,17-18H,6-9H2,1-2H3,(H,22,23)(H,24,25)/t14-,15+,17-,18-/m1/s1. The highest BCUT2D eigenvalue weighted by molar-refractivity contribution is 6.30. The summed E-state index contributed by atoms with van der Waals surface area (Å²) in [5.41, 5.74) is 3.44. The number of carboxylic acids is 1. The summed E-state index contributed by atoms with van der Waals surface area (Å²) in [6.07, 6.45) is 2.48. The molecule has 0 aromatic heterocycles. The average molecular weight is 362 g/mol. The third kappa shape index (κ3) is 3.45. The minimum Gasteiger partial charge on any atom is -0.481 e. The summed E-state index contributed by atoms with van der Waals surface area (Å²) in [7, 11) is 0. The SMILES string of the molecule is CC(C)=C1[C@H]2CC[C@@H]1[C@@H](C(=O)O)[C@@H]2C(=O)NCCc1cccc(Cl)c1. The van der Waals surface area contributed by atoms with Crippen LogP contribution in [0.25, 0.3) is 0 Å². The Balaban J connectivity index is 1.68. The monoisotopic (exact) mass is 361 g/mol. The van der Waals surface area contributed by atoms with Gasteiger partial charge in [0.25, 0.3) is 0 Å². The maximum atomic E-state index is 12.8. The Morgan fingerprint density at radius 3 is 2.48 bits per heavy atom. The number of amides is 1. The molecule has 2 N–H and O–H groups in total. The second kappa shape index (κ2) is 7.20. The minimum absolute atomic E-state index is 0.0242. The van der Waals surface area contributed by atoms with Gasteiger partial charge < -0.3 is 10.4 Å². The van der Waals surface area contributed by atoms with Crippen LogP contribution >= 0.6 is 11.6 Å². The molecule has 0 unspecified atom stereocenters. The molecule has 0 heterocycles. The molecule has 5 heteroatoms. The van der Waals surface area contributed by atoms with E-state index in [1.807, 2.05) is 38.1 Å². The van der Waals surface area contributed by atoms with Gasteiger partial charge in [-0.25, -0.2) is 0 Å². The summed E-state index contributed by atoms with van der Waals surface area (Å²) in [6.45, 7) is 4.54. The van der Waals surface area contributed by atoms with E-state index in [1.54, 1.807) is 0 Å². The second-order valence-corrected chi connectivity index (χ2v) is 7.74. The van der Waals surface area contributed by atoms with Crippen LogP contribution in [0, 0.1) is 23.7 Å². The average Bonchev–Trinajstić information content (AvgIpc) is 3.10. The zero-order chi connectivity index (χ0) is 18.1. The molecule has 2 saturated carbocycles. The van der Waals surface area contributed by atoms with Crippen LogP contribution in [0.15, 0.2) is 35.4 Å². The minimum atomic E-state index is -0.846. The van der Waals surface area contributed by atoms with Crippen molar-refractivity contribution in [3.8, 4) is 0 Å². The highest BCUT2D eigenvalue weighted by Crippen LogP contribution is 2.57. The Labute approximate surface area is 153 Å². The topological polar surface area (TPSA) is 66.4 Å². The van der Waals surface area contributed by atoms with Crippen molar-refractivity contribution in [3.63, 3.8) is 0 Å². The van der Waals surface area contributed by atoms with Crippen LogP contribution in [0.2, 0.25) is 5.02 Å². The van der Waals surface area contributed by atoms with Crippen LogP contribution in [0.1, 0.15) is 32.3 Å². The zero-order valence-corrected chi connectivity index (χ0v) is 15.3. The lowest BCUT2D eigenvalue weighted by Crippen LogP contribution is -2.41. The molecule has 0 saturated heterocycles. The number of allylic oxidation sites excluding steroid dienone is 2. The summed E-state index contributed by atoms with van der Waals surface area (Å²) in [6, 6.07) is 7.55. The zero-order valence-electron chi connectivity index (χ0n) is 14.6. The van der Waals surface area contributed by atoms with Gasteiger partial charge in [-0.05, 0) is 62.6 Å². The van der Waals surface area contributed by atoms with E-state index >= 15 is 0 Å². The lowest BCUT2D eigenvalue weighted by Gasteiger charge is -2.26. The maximum absolute atomic E-state index is 12.8. The van der Waals surface area contributed by atoms with Gasteiger partial charge in [0.2, 0.25) is 5.91 Å². The smallest absolute Gasteiger partial charge is 0.307 e. The molecule has 134 valence electrons. The summed E-state index contributed by atoms with van der Waals surface area (Å²) in [5, 5.41) is 13.3. The quantitative estimate of drug-likeness (QED) is 0.786. The van der Waals surface area contributed by atoms with Crippen LogP contribution in [0.5, 0.6) is 0 Å². The van der Waals surface area contributed by atoms with Crippen molar-refractivity contribution in [2.75, 3.05) is 6.54 Å². The van der Waals surface area contributed by atoms with Crippen molar-refractivity contribution in [2.24, 2.45) is 23.7 Å². The van der Waals surface area contributed by atoms with Crippen molar-refractivity contribution in [1.29, 1.82) is 0 Å². The van der Waals surface area contributed by atoms with Crippen LogP contribution < -0.4 is 5.32 Å². The predicted molar refractivity (Wildman–Crippen MR) is 97.4 cm³/mol. The van der Waals surface area contributed by atoms with Gasteiger partial charge in [-0.15, -0.1) is 0 Å². The number of rotatable bonds is 5. The van der Waals surface area contributed by atoms with Crippen LogP contribution in [-0.4, -0.2) is 23.5 Å². The fraction of sp³-hybridized carbons (Fsp3) is 0.500. The maximum Gasteiger partial charge on any atom is 0.307 e. The molecule has 4 nitrogen and oxygen atoms in total. The lowest BCUT2D eigenvalue weighted by atomic mass is 9.78. The third-order valence-electron chi connectivity index (χ3n) is 5.61. The Hall–Kier alpha value is -1.81. The van der Waals surface area contributed by atoms with Gasteiger partial charge in [-0.3, -0.25) is 9.59 Å². The highest BCUT2D eigenvalue weighted by atomic mass is 35.5. The van der Waals surface area contributed by atoms with Crippen molar-refractivity contribution in [2.45, 2.75) is 33.1 Å². The molecule has 2 aliphatic carbocycles. The van der Waals surface area contributed by atoms with Gasteiger partial charge >= 0.3 is 5.97 Å². The fourth-order valence-electron chi connectivity index (χ4n) is 4.75. The molecular weight excluding hydrogens is 338 g/mol. The normalized spacial score (nSPS) is 27.4. The van der Waals surface area contributed by atoms with E-state index in [0.29, 0.717) is 18.0 Å². The Kier molecular flexibility index (Phi) is 5.19. The van der Waals surface area contributed by atoms with E-state index in [0.717, 1.165) is 18.4 Å². The molecule has 1 aromatic carbocycles. The first-order valence-electron chi connectivity index (χ1n) is 8.82. The van der Waals surface area contributed by atoms with E-state index in [-0.39, 0.29) is 17.7 Å². The van der Waals surface area contributed by atoms with Gasteiger partial charge in [-0.1, -0.05) is 34.9 Å². The second-order valence-electron chi connectivity index (χ2n) is 7.31. The molecule has 3 rings (SSSR count). The van der Waals surface area contributed by atoms with Gasteiger partial charge in [0, 0.05) is 11.6 Å². The third-order valence-corrected chi connectivity index (χ3v) is 5.84. The Morgan fingerprint density at radius 1 is 1.20 bits per heavy atom. The van der Waals surface area contributed by atoms with E-state index in [4.69, 9.17) is 11.6 Å². The lowest BCUT2D eigenvalue weighted by molar-refractivity contribution is -0.149. The molecule has 25 heavy (non-hydrogen) atoms. The summed E-state index contributed by atoms with van der Waals surface area (Å²) >= 11 is 5.97. The van der Waals surface area contributed by atoms with Crippen molar-refractivity contribution in [1.82, 2.24) is 5.32 Å². The van der Waals surface area contributed by atoms with Crippen LogP contribution in [-0.2, 0) is 16.0 Å². The van der Waals surface area contributed by atoms with Crippen LogP contribution in [0.3, 0.4) is 0 Å². The van der Waals surface area contributed by atoms with Gasteiger partial charge in [0.15, 0.2) is 0 Å². The summed E-state index contributed by atoms with van der Waals surface area (Å²) < 4.78 is 0. The molecule has 0 radical (unpaired) electrons. The molecule has 0 aliphatic heterocycles. The predicted octanol–water partition coefficient (Wildman–Crippen LogP) is 3.69. The Morgan fingerprint density at radius 2 is 1.88 bits per heavy atom. The number of halogens is 1. The van der Waals surface area contributed by atoms with Crippen LogP contribution in [0.4, 0.5) is 0 Å². The van der Waals surface area contributed by atoms with Crippen molar-refractivity contribution >= 4 is 23.5 Å². The number of hydrogen-bond acceptors (Lipinski definition) is 2. The van der Waals surface area contributed by atoms with Crippen molar-refractivity contribution < 1.29 is 14.7 Å². The molecule has 4 atom stereocenters. The van der Waals surface area contributed by atoms with E-state index < -0.39 is 17.8 Å². The van der Waals surface area contributed by atoms with E-state index in [1.165, 1.54) is 11.1 Å². The number of carboxylic acid groups (broad SMARTS) is 1. The summed E-state index contributed by atoms with van der Waals surface area (Å²) in [5.74, 6) is -1.89. The number of carbonyl (C=O) groups excluding carboxylic acids is 1. The van der Waals surface area contributed by atoms with E-state index in [2.05, 4.69) is 5.32 Å². The number of hydrogen-bond donors (Lipinski definition) is 2. The molecular formula is C20H24ClNO3. The molecule has 1 amide bonds. The number of benzene rings is 1. The molecule has 0 spiro atoms. The number of fused-ring (bicyclic) bond motifs is 2. The number of nitrogens with one attached hydrogen (secondary N) is 1. The van der Waals surface area contributed by atoms with Gasteiger partial charge in [0.1, 0.15) is 0 Å². The van der Waals surface area contributed by atoms with Crippen molar-refractivity contribution in [3.05, 3.63) is 46.0 Å². The number of aliphatic carboxylic acids is 1. The molecule has 1 aromatic rings. The van der Waals surface area contributed by atoms with Gasteiger partial charge in [-0.2, -0.15) is 0 Å². The Bertz CT molecular complexity index is 723. The molecule has 2 fully saturated rings.